The van der Waals surface area contributed by atoms with E-state index in [0.717, 1.165) is 12.8 Å². The highest BCUT2D eigenvalue weighted by atomic mass is 16.5. The highest BCUT2D eigenvalue weighted by Gasteiger charge is 2.64. The number of nitrogens with zero attached hydrogens (tertiary/aromatic N) is 1. The van der Waals surface area contributed by atoms with E-state index in [-0.39, 0.29) is 17.4 Å². The number of hydrogen-bond acceptors (Lipinski definition) is 4. The number of piperidine rings is 1. The monoisotopic (exact) mass is 284 g/mol. The summed E-state index contributed by atoms with van der Waals surface area (Å²) in [5.41, 5.74) is 4.37. The van der Waals surface area contributed by atoms with Crippen LogP contribution in [0.15, 0.2) is 0 Å². The summed E-state index contributed by atoms with van der Waals surface area (Å²) in [6.45, 7) is 9.43. The average molecular weight is 284 g/mol. The first-order valence-corrected chi connectivity index (χ1v) is 7.56. The first-order valence-electron chi connectivity index (χ1n) is 7.56. The fourth-order valence-electron chi connectivity index (χ4n) is 3.47. The zero-order chi connectivity index (χ0) is 15.2. The second-order valence-corrected chi connectivity index (χ2v) is 7.17. The molecule has 0 aromatic rings. The minimum absolute atomic E-state index is 0.0340. The number of carbonyl (C=O) groups is 1. The molecule has 3 atom stereocenters. The average Bonchev–Trinajstić information content (AvgIpc) is 2.36. The summed E-state index contributed by atoms with van der Waals surface area (Å²) in [7, 11) is 0. The predicted molar refractivity (Wildman–Crippen MR) is 77.2 cm³/mol. The highest BCUT2D eigenvalue weighted by molar-refractivity contribution is 5.89. The molecule has 2 rings (SSSR count). The molecule has 1 aliphatic heterocycles. The van der Waals surface area contributed by atoms with Crippen LogP contribution in [0.3, 0.4) is 0 Å². The zero-order valence-corrected chi connectivity index (χ0v) is 13.1. The van der Waals surface area contributed by atoms with Gasteiger partial charge in [0.1, 0.15) is 5.54 Å². The van der Waals surface area contributed by atoms with Gasteiger partial charge in [0.25, 0.3) is 0 Å². The van der Waals surface area contributed by atoms with Crippen molar-refractivity contribution in [3.05, 3.63) is 0 Å². The normalized spacial score (nSPS) is 40.3. The Morgan fingerprint density at radius 2 is 2.10 bits per heavy atom. The van der Waals surface area contributed by atoms with Crippen LogP contribution in [0.25, 0.3) is 0 Å². The molecule has 3 N–H and O–H groups in total. The number of amides is 1. The molecule has 5 nitrogen and oxygen atoms in total. The lowest BCUT2D eigenvalue weighted by molar-refractivity contribution is -0.183. The topological polar surface area (TPSA) is 75.8 Å². The Hall–Kier alpha value is -0.650. The summed E-state index contributed by atoms with van der Waals surface area (Å²) in [5, 5.41) is 10.2. The van der Waals surface area contributed by atoms with Gasteiger partial charge in [0.2, 0.25) is 5.91 Å². The first kappa shape index (κ1) is 15.7. The van der Waals surface area contributed by atoms with Crippen molar-refractivity contribution >= 4 is 5.91 Å². The van der Waals surface area contributed by atoms with E-state index in [9.17, 15) is 9.90 Å². The molecule has 0 bridgehead atoms. The summed E-state index contributed by atoms with van der Waals surface area (Å²) in [5.74, 6) is -0.0431. The van der Waals surface area contributed by atoms with Crippen LogP contribution in [0, 0.1) is 5.41 Å². The number of carbonyl (C=O) groups excluding carboxylic acids is 1. The number of rotatable bonds is 3. The number of β-amino-alcohol motifs (C(OH)–C–C–N with tert-alkyl or cyclic N) is 1. The maximum atomic E-state index is 12.8. The van der Waals surface area contributed by atoms with E-state index in [0.29, 0.717) is 26.1 Å². The van der Waals surface area contributed by atoms with Crippen LogP contribution in [0.5, 0.6) is 0 Å². The van der Waals surface area contributed by atoms with Crippen LogP contribution in [0.4, 0.5) is 0 Å². The molecule has 116 valence electrons. The second kappa shape index (κ2) is 4.97. The third kappa shape index (κ3) is 2.36. The Labute approximate surface area is 121 Å². The van der Waals surface area contributed by atoms with Crippen molar-refractivity contribution in [3.8, 4) is 0 Å². The Kier molecular flexibility index (Phi) is 3.91. The van der Waals surface area contributed by atoms with Crippen molar-refractivity contribution in [1.29, 1.82) is 0 Å². The van der Waals surface area contributed by atoms with Crippen molar-refractivity contribution < 1.29 is 14.6 Å². The molecule has 0 spiro atoms. The smallest absolute Gasteiger partial charge is 0.243 e. The molecule has 1 saturated heterocycles. The summed E-state index contributed by atoms with van der Waals surface area (Å²) in [6, 6.07) is 0. The Morgan fingerprint density at radius 3 is 2.60 bits per heavy atom. The SMILES string of the molecule is CCOC1CC(N)(C(=O)N2CCCC(C)(O)C2)C1(C)C. The molecule has 5 heteroatoms. The van der Waals surface area contributed by atoms with E-state index in [1.54, 1.807) is 11.8 Å². The number of likely N-dealkylation sites (tertiary alicyclic amines) is 1. The largest absolute Gasteiger partial charge is 0.388 e. The van der Waals surface area contributed by atoms with Gasteiger partial charge in [-0.15, -0.1) is 0 Å². The van der Waals surface area contributed by atoms with Gasteiger partial charge in [0.05, 0.1) is 11.7 Å². The van der Waals surface area contributed by atoms with Gasteiger partial charge in [-0.1, -0.05) is 13.8 Å². The molecule has 2 aliphatic rings. The third-order valence-corrected chi connectivity index (χ3v) is 5.17. The van der Waals surface area contributed by atoms with Crippen LogP contribution >= 0.6 is 0 Å². The molecular formula is C15H28N2O3. The second-order valence-electron chi connectivity index (χ2n) is 7.17. The molecule has 0 aromatic heterocycles. The molecule has 3 unspecified atom stereocenters. The van der Waals surface area contributed by atoms with Crippen molar-refractivity contribution in [3.63, 3.8) is 0 Å². The molecule has 0 radical (unpaired) electrons. The van der Waals surface area contributed by atoms with E-state index in [4.69, 9.17) is 10.5 Å². The molecule has 1 aliphatic carbocycles. The van der Waals surface area contributed by atoms with Crippen molar-refractivity contribution in [1.82, 2.24) is 4.90 Å². The fourth-order valence-corrected chi connectivity index (χ4v) is 3.47. The van der Waals surface area contributed by atoms with Crippen LogP contribution in [0.2, 0.25) is 0 Å². The lowest BCUT2D eigenvalue weighted by Crippen LogP contribution is -2.76. The summed E-state index contributed by atoms with van der Waals surface area (Å²) >= 11 is 0. The van der Waals surface area contributed by atoms with E-state index in [2.05, 4.69) is 0 Å². The molecule has 20 heavy (non-hydrogen) atoms. The highest BCUT2D eigenvalue weighted by Crippen LogP contribution is 2.50. The van der Waals surface area contributed by atoms with Crippen molar-refractivity contribution in [2.24, 2.45) is 11.1 Å². The maximum absolute atomic E-state index is 12.8. The van der Waals surface area contributed by atoms with Gasteiger partial charge in [-0.2, -0.15) is 0 Å². The van der Waals surface area contributed by atoms with E-state index in [1.165, 1.54) is 0 Å². The number of aliphatic hydroxyl groups is 1. The molecule has 0 aromatic carbocycles. The molecular weight excluding hydrogens is 256 g/mol. The van der Waals surface area contributed by atoms with E-state index in [1.807, 2.05) is 20.8 Å². The van der Waals surface area contributed by atoms with Gasteiger partial charge in [-0.25, -0.2) is 0 Å². The molecule has 2 fully saturated rings. The minimum atomic E-state index is -0.875. The maximum Gasteiger partial charge on any atom is 0.243 e. The van der Waals surface area contributed by atoms with E-state index < -0.39 is 11.1 Å². The molecule has 1 saturated carbocycles. The standard InChI is InChI=1S/C15H28N2O3/c1-5-20-11-9-15(16,13(11,2)3)12(18)17-8-6-7-14(4,19)10-17/h11,19H,5-10,16H2,1-4H3. The van der Waals surface area contributed by atoms with Gasteiger partial charge in [-0.3, -0.25) is 4.79 Å². The molecule has 1 amide bonds. The lowest BCUT2D eigenvalue weighted by Gasteiger charge is -2.59. The van der Waals surface area contributed by atoms with Crippen LogP contribution in [0.1, 0.15) is 47.0 Å². The Bertz CT molecular complexity index is 395. The number of nitrogens with two attached hydrogens (primary N) is 1. The zero-order valence-electron chi connectivity index (χ0n) is 13.1. The van der Waals surface area contributed by atoms with Gasteiger partial charge >= 0.3 is 0 Å². The van der Waals surface area contributed by atoms with Crippen LogP contribution in [-0.2, 0) is 9.53 Å². The number of hydrogen-bond donors (Lipinski definition) is 2. The fraction of sp³-hybridized carbons (Fsp3) is 0.933. The van der Waals surface area contributed by atoms with Gasteiger partial charge < -0.3 is 20.5 Å². The summed E-state index contributed by atoms with van der Waals surface area (Å²) < 4.78 is 5.67. The summed E-state index contributed by atoms with van der Waals surface area (Å²) in [4.78, 5) is 14.5. The Morgan fingerprint density at radius 1 is 1.45 bits per heavy atom. The van der Waals surface area contributed by atoms with E-state index >= 15 is 0 Å². The van der Waals surface area contributed by atoms with Crippen LogP contribution < -0.4 is 5.73 Å². The van der Waals surface area contributed by atoms with Crippen LogP contribution in [-0.4, -0.2) is 52.9 Å². The van der Waals surface area contributed by atoms with Gasteiger partial charge in [0, 0.05) is 31.5 Å². The van der Waals surface area contributed by atoms with Gasteiger partial charge in [0.15, 0.2) is 0 Å². The minimum Gasteiger partial charge on any atom is -0.388 e. The lowest BCUT2D eigenvalue weighted by atomic mass is 9.54. The van der Waals surface area contributed by atoms with Crippen molar-refractivity contribution in [2.45, 2.75) is 64.2 Å². The quantitative estimate of drug-likeness (QED) is 0.807. The number of ether oxygens (including phenoxy) is 1. The third-order valence-electron chi connectivity index (χ3n) is 5.17. The first-order chi connectivity index (χ1) is 9.14. The van der Waals surface area contributed by atoms with Crippen molar-refractivity contribution in [2.75, 3.05) is 19.7 Å². The predicted octanol–water partition coefficient (Wildman–Crippen LogP) is 0.892. The Balaban J connectivity index is 2.09. The molecule has 1 heterocycles. The summed E-state index contributed by atoms with van der Waals surface area (Å²) in [6.07, 6.45) is 2.15. The van der Waals surface area contributed by atoms with Gasteiger partial charge in [-0.05, 0) is 26.7 Å².